The van der Waals surface area contributed by atoms with Gasteiger partial charge in [-0.05, 0) is 31.5 Å². The number of hydrogen-bond acceptors (Lipinski definition) is 6. The summed E-state index contributed by atoms with van der Waals surface area (Å²) in [6.07, 6.45) is 0.753. The van der Waals surface area contributed by atoms with Crippen LogP contribution in [-0.2, 0) is 19.1 Å². The zero-order chi connectivity index (χ0) is 23.9. The Bertz CT molecular complexity index is 1150. The lowest BCUT2D eigenvalue weighted by Crippen LogP contribution is -2.56. The smallest absolute Gasteiger partial charge is 0.326 e. The van der Waals surface area contributed by atoms with Crippen LogP contribution < -0.4 is 10.2 Å². The highest BCUT2D eigenvalue weighted by molar-refractivity contribution is 6.24. The molecule has 1 N–H and O–H groups in total. The maximum absolute atomic E-state index is 14.8. The molecule has 0 saturated carbocycles. The Kier molecular flexibility index (Phi) is 5.88. The SMILES string of the molecule is CCC[C@@]1(C(=O)OC)N[C@@H](c2ccccc2F)[C@H]2C(=O)N(c3cccc(C(C)=O)c3)C(=O)[C@@H]21. The third-order valence-electron chi connectivity index (χ3n) is 6.60. The van der Waals surface area contributed by atoms with Crippen molar-refractivity contribution >= 4 is 29.3 Å². The van der Waals surface area contributed by atoms with Crippen molar-refractivity contribution in [3.05, 3.63) is 65.5 Å². The van der Waals surface area contributed by atoms with Crippen LogP contribution in [0.2, 0.25) is 0 Å². The molecule has 0 aliphatic carbocycles. The summed E-state index contributed by atoms with van der Waals surface area (Å²) in [4.78, 5) is 53.4. The van der Waals surface area contributed by atoms with Crippen molar-refractivity contribution in [1.29, 1.82) is 0 Å². The Morgan fingerprint density at radius 3 is 2.48 bits per heavy atom. The summed E-state index contributed by atoms with van der Waals surface area (Å²) in [6.45, 7) is 3.25. The molecular formula is C25H25FN2O5. The minimum Gasteiger partial charge on any atom is -0.468 e. The van der Waals surface area contributed by atoms with Crippen molar-refractivity contribution in [2.45, 2.75) is 38.3 Å². The van der Waals surface area contributed by atoms with E-state index in [9.17, 15) is 23.6 Å². The fourth-order valence-corrected chi connectivity index (χ4v) is 5.21. The van der Waals surface area contributed by atoms with Gasteiger partial charge in [0.2, 0.25) is 11.8 Å². The number of carbonyl (C=O) groups is 4. The standard InChI is InChI=1S/C25H25FN2O5/c1-4-12-25(24(32)33-3)20-19(21(27-25)17-10-5-6-11-18(17)26)22(30)28(23(20)31)16-9-7-8-15(13-16)14(2)29/h5-11,13,19-21,27H,4,12H2,1-3H3/t19-,20+,21-,25+/m0/s1. The lowest BCUT2D eigenvalue weighted by atomic mass is 9.77. The highest BCUT2D eigenvalue weighted by Crippen LogP contribution is 2.52. The monoisotopic (exact) mass is 452 g/mol. The summed E-state index contributed by atoms with van der Waals surface area (Å²) in [5, 5.41) is 3.14. The molecule has 172 valence electrons. The fourth-order valence-electron chi connectivity index (χ4n) is 5.21. The van der Waals surface area contributed by atoms with E-state index in [0.29, 0.717) is 12.0 Å². The van der Waals surface area contributed by atoms with Gasteiger partial charge in [0.25, 0.3) is 0 Å². The molecule has 4 atom stereocenters. The molecule has 0 unspecified atom stereocenters. The van der Waals surface area contributed by atoms with Crippen LogP contribution in [0.3, 0.4) is 0 Å². The van der Waals surface area contributed by atoms with Crippen LogP contribution in [0.4, 0.5) is 10.1 Å². The Balaban J connectivity index is 1.88. The third kappa shape index (κ3) is 3.45. The van der Waals surface area contributed by atoms with Gasteiger partial charge in [-0.2, -0.15) is 0 Å². The fraction of sp³-hybridized carbons (Fsp3) is 0.360. The van der Waals surface area contributed by atoms with Crippen molar-refractivity contribution in [3.63, 3.8) is 0 Å². The van der Waals surface area contributed by atoms with Crippen molar-refractivity contribution in [2.24, 2.45) is 11.8 Å². The van der Waals surface area contributed by atoms with Gasteiger partial charge in [0.15, 0.2) is 5.78 Å². The number of methoxy groups -OCH3 is 1. The molecule has 2 aliphatic heterocycles. The Morgan fingerprint density at radius 2 is 1.85 bits per heavy atom. The molecule has 8 heteroatoms. The molecule has 0 bridgehead atoms. The second kappa shape index (κ2) is 8.51. The number of nitrogens with one attached hydrogen (secondary N) is 1. The number of anilines is 1. The number of ether oxygens (including phenoxy) is 1. The van der Waals surface area contributed by atoms with E-state index in [2.05, 4.69) is 5.32 Å². The second-order valence-corrected chi connectivity index (χ2v) is 8.48. The molecule has 2 aromatic rings. The number of esters is 1. The van der Waals surface area contributed by atoms with Gasteiger partial charge in [0, 0.05) is 17.2 Å². The molecule has 0 spiro atoms. The number of Topliss-reactive ketones (excluding diaryl/α,β-unsaturated/α-hetero) is 1. The number of ketones is 1. The average molecular weight is 452 g/mol. The molecule has 2 amide bonds. The molecule has 7 nitrogen and oxygen atoms in total. The van der Waals surface area contributed by atoms with Gasteiger partial charge in [0.1, 0.15) is 11.4 Å². The summed E-state index contributed by atoms with van der Waals surface area (Å²) < 4.78 is 19.9. The summed E-state index contributed by atoms with van der Waals surface area (Å²) in [5.74, 6) is -4.63. The van der Waals surface area contributed by atoms with Crippen LogP contribution in [0.1, 0.15) is 48.7 Å². The third-order valence-corrected chi connectivity index (χ3v) is 6.60. The summed E-state index contributed by atoms with van der Waals surface area (Å²) in [7, 11) is 1.22. The van der Waals surface area contributed by atoms with Crippen molar-refractivity contribution in [1.82, 2.24) is 5.32 Å². The van der Waals surface area contributed by atoms with E-state index in [-0.39, 0.29) is 23.5 Å². The molecule has 2 fully saturated rings. The first kappa shape index (κ1) is 22.8. The summed E-state index contributed by atoms with van der Waals surface area (Å²) >= 11 is 0. The van der Waals surface area contributed by atoms with E-state index in [4.69, 9.17) is 4.74 Å². The van der Waals surface area contributed by atoms with Crippen molar-refractivity contribution < 1.29 is 28.3 Å². The maximum Gasteiger partial charge on any atom is 0.326 e. The first-order valence-electron chi connectivity index (χ1n) is 10.9. The van der Waals surface area contributed by atoms with Gasteiger partial charge in [-0.15, -0.1) is 0 Å². The van der Waals surface area contributed by atoms with Crippen LogP contribution in [0.15, 0.2) is 48.5 Å². The van der Waals surface area contributed by atoms with E-state index >= 15 is 0 Å². The maximum atomic E-state index is 14.8. The summed E-state index contributed by atoms with van der Waals surface area (Å²) in [5.41, 5.74) is -0.688. The lowest BCUT2D eigenvalue weighted by molar-refractivity contribution is -0.152. The number of nitrogens with zero attached hydrogens (tertiary/aromatic N) is 1. The van der Waals surface area contributed by atoms with Crippen LogP contribution in [0, 0.1) is 17.7 Å². The topological polar surface area (TPSA) is 92.8 Å². The summed E-state index contributed by atoms with van der Waals surface area (Å²) in [6, 6.07) is 11.3. The number of imide groups is 1. The molecular weight excluding hydrogens is 427 g/mol. The number of rotatable bonds is 6. The van der Waals surface area contributed by atoms with E-state index in [1.807, 2.05) is 6.92 Å². The largest absolute Gasteiger partial charge is 0.468 e. The predicted octanol–water partition coefficient (Wildman–Crippen LogP) is 3.19. The average Bonchev–Trinajstić information content (AvgIpc) is 3.28. The number of carbonyl (C=O) groups excluding carboxylic acids is 4. The minimum absolute atomic E-state index is 0.204. The van der Waals surface area contributed by atoms with E-state index < -0.39 is 47.0 Å². The number of benzene rings is 2. The van der Waals surface area contributed by atoms with Crippen LogP contribution in [0.25, 0.3) is 0 Å². The van der Waals surface area contributed by atoms with Gasteiger partial charge < -0.3 is 4.74 Å². The van der Waals surface area contributed by atoms with Gasteiger partial charge in [-0.25, -0.2) is 9.29 Å². The molecule has 2 heterocycles. The number of halogens is 1. The quantitative estimate of drug-likeness (QED) is 0.411. The molecule has 2 aromatic carbocycles. The molecule has 0 radical (unpaired) electrons. The molecule has 4 rings (SSSR count). The highest BCUT2D eigenvalue weighted by Gasteiger charge is 2.68. The first-order valence-corrected chi connectivity index (χ1v) is 10.9. The Morgan fingerprint density at radius 1 is 1.12 bits per heavy atom. The van der Waals surface area contributed by atoms with Gasteiger partial charge in [-0.3, -0.25) is 24.5 Å². The first-order chi connectivity index (χ1) is 15.8. The van der Waals surface area contributed by atoms with Crippen LogP contribution in [0.5, 0.6) is 0 Å². The Labute approximate surface area is 190 Å². The van der Waals surface area contributed by atoms with E-state index in [1.165, 1.54) is 32.2 Å². The molecule has 2 saturated heterocycles. The van der Waals surface area contributed by atoms with Gasteiger partial charge in [0.05, 0.1) is 24.6 Å². The minimum atomic E-state index is -1.49. The normalized spacial score (nSPS) is 26.4. The van der Waals surface area contributed by atoms with Crippen LogP contribution in [-0.4, -0.2) is 36.2 Å². The molecule has 33 heavy (non-hydrogen) atoms. The van der Waals surface area contributed by atoms with Crippen molar-refractivity contribution in [3.8, 4) is 0 Å². The zero-order valence-electron chi connectivity index (χ0n) is 18.6. The zero-order valence-corrected chi connectivity index (χ0v) is 18.6. The second-order valence-electron chi connectivity index (χ2n) is 8.48. The van der Waals surface area contributed by atoms with Crippen LogP contribution >= 0.6 is 0 Å². The van der Waals surface area contributed by atoms with E-state index in [0.717, 1.165) is 4.90 Å². The predicted molar refractivity (Wildman–Crippen MR) is 118 cm³/mol. The number of amides is 2. The molecule has 0 aromatic heterocycles. The highest BCUT2D eigenvalue weighted by atomic mass is 19.1. The van der Waals surface area contributed by atoms with Gasteiger partial charge in [-0.1, -0.05) is 43.7 Å². The number of fused-ring (bicyclic) bond motifs is 1. The Hall–Kier alpha value is -3.39. The lowest BCUT2D eigenvalue weighted by Gasteiger charge is -2.32. The van der Waals surface area contributed by atoms with Crippen molar-refractivity contribution in [2.75, 3.05) is 12.0 Å². The number of hydrogen-bond donors (Lipinski definition) is 1. The molecule has 2 aliphatic rings. The van der Waals surface area contributed by atoms with Gasteiger partial charge >= 0.3 is 5.97 Å². The van der Waals surface area contributed by atoms with E-state index in [1.54, 1.807) is 30.3 Å².